The molecule has 2 aromatic heterocycles. The standard InChI is InChI=1S/C26H32FN6O6PS/c1-7-26(27)21(34)19(38-25(26)33-15-28-20-22(32(5)6)29-17(4)30-23(20)33)14-37-40(41,31-16(3)24(35)36-8-2)39-18-12-10-9-11-13-18/h1,9-13,15-16,19,21,25,34H,8,14H2,2-6H3,(H,31,41)/t16-,19+,21+,25+,26+,40?/m0/s1. The molecule has 2 N–H and O–H groups in total. The van der Waals surface area contributed by atoms with Crippen LogP contribution in [-0.2, 0) is 30.6 Å². The molecular weight excluding hydrogens is 574 g/mol. The second-order valence-electron chi connectivity index (χ2n) is 9.50. The highest BCUT2D eigenvalue weighted by molar-refractivity contribution is 8.09. The van der Waals surface area contributed by atoms with Crippen molar-refractivity contribution in [3.8, 4) is 18.1 Å². The van der Waals surface area contributed by atoms with Gasteiger partial charge in [-0.3, -0.25) is 9.36 Å². The molecule has 0 radical (unpaired) electrons. The molecule has 0 bridgehead atoms. The van der Waals surface area contributed by atoms with Gasteiger partial charge in [0.25, 0.3) is 0 Å². The highest BCUT2D eigenvalue weighted by Crippen LogP contribution is 2.48. The first kappa shape index (κ1) is 30.8. The van der Waals surface area contributed by atoms with E-state index in [9.17, 15) is 9.90 Å². The van der Waals surface area contributed by atoms with Crippen LogP contribution in [0.15, 0.2) is 36.7 Å². The molecule has 6 atom stereocenters. The number of alkyl halides is 1. The highest BCUT2D eigenvalue weighted by Gasteiger charge is 2.58. The summed E-state index contributed by atoms with van der Waals surface area (Å²) < 4.78 is 40.5. The Kier molecular flexibility index (Phi) is 9.28. The number of ether oxygens (including phenoxy) is 2. The van der Waals surface area contributed by atoms with Crippen molar-refractivity contribution in [3.63, 3.8) is 0 Å². The van der Waals surface area contributed by atoms with E-state index in [1.54, 1.807) is 70.1 Å². The van der Waals surface area contributed by atoms with Crippen LogP contribution in [0.3, 0.4) is 0 Å². The van der Waals surface area contributed by atoms with Crippen molar-refractivity contribution in [1.82, 2.24) is 24.6 Å². The number of imidazole rings is 1. The Hall–Kier alpha value is -3.18. The van der Waals surface area contributed by atoms with Crippen molar-refractivity contribution in [2.45, 2.75) is 50.9 Å². The third-order valence-electron chi connectivity index (χ3n) is 6.23. The number of esters is 1. The van der Waals surface area contributed by atoms with E-state index in [0.29, 0.717) is 22.9 Å². The number of nitrogens with one attached hydrogen (secondary N) is 1. The van der Waals surface area contributed by atoms with Gasteiger partial charge in [-0.15, -0.1) is 6.42 Å². The van der Waals surface area contributed by atoms with E-state index in [1.165, 1.54) is 10.9 Å². The van der Waals surface area contributed by atoms with Crippen LogP contribution in [-0.4, -0.2) is 81.8 Å². The van der Waals surface area contributed by atoms with E-state index in [0.717, 1.165) is 0 Å². The summed E-state index contributed by atoms with van der Waals surface area (Å²) in [7, 11) is 3.59. The fourth-order valence-electron chi connectivity index (χ4n) is 4.24. The fourth-order valence-corrected chi connectivity index (χ4v) is 6.66. The molecule has 1 aliphatic heterocycles. The number of benzene rings is 1. The van der Waals surface area contributed by atoms with Gasteiger partial charge >= 0.3 is 12.6 Å². The van der Waals surface area contributed by atoms with Gasteiger partial charge in [-0.05, 0) is 44.7 Å². The number of fused-ring (bicyclic) bond motifs is 1. The van der Waals surface area contributed by atoms with Crippen LogP contribution in [0.1, 0.15) is 25.9 Å². The summed E-state index contributed by atoms with van der Waals surface area (Å²) in [4.78, 5) is 27.2. The number of carbonyl (C=O) groups is 1. The average Bonchev–Trinajstić information content (AvgIpc) is 3.45. The first-order chi connectivity index (χ1) is 19.4. The number of carbonyl (C=O) groups excluding carboxylic acids is 1. The lowest BCUT2D eigenvalue weighted by molar-refractivity contribution is -0.144. The van der Waals surface area contributed by atoms with E-state index < -0.39 is 49.4 Å². The molecule has 0 saturated carbocycles. The number of aryl methyl sites for hydroxylation is 1. The molecule has 3 aromatic rings. The molecule has 41 heavy (non-hydrogen) atoms. The van der Waals surface area contributed by atoms with E-state index >= 15 is 4.39 Å². The minimum absolute atomic E-state index is 0.172. The Balaban J connectivity index is 1.61. The third kappa shape index (κ3) is 6.35. The summed E-state index contributed by atoms with van der Waals surface area (Å²) in [6, 6.07) is 7.72. The van der Waals surface area contributed by atoms with E-state index in [4.69, 9.17) is 36.8 Å². The number of aromatic nitrogens is 4. The zero-order valence-corrected chi connectivity index (χ0v) is 24.9. The van der Waals surface area contributed by atoms with E-state index in [-0.39, 0.29) is 12.3 Å². The molecule has 12 nitrogen and oxygen atoms in total. The van der Waals surface area contributed by atoms with Crippen molar-refractivity contribution < 1.29 is 32.8 Å². The molecule has 0 amide bonds. The van der Waals surface area contributed by atoms with Crippen LogP contribution in [0, 0.1) is 19.3 Å². The van der Waals surface area contributed by atoms with E-state index in [1.807, 2.05) is 5.92 Å². The lowest BCUT2D eigenvalue weighted by Gasteiger charge is -2.27. The van der Waals surface area contributed by atoms with Crippen LogP contribution in [0.25, 0.3) is 11.2 Å². The van der Waals surface area contributed by atoms with Crippen LogP contribution in [0.4, 0.5) is 10.2 Å². The molecule has 15 heteroatoms. The van der Waals surface area contributed by atoms with Gasteiger partial charge in [0.15, 0.2) is 23.2 Å². The van der Waals surface area contributed by atoms with Crippen molar-refractivity contribution >= 4 is 41.4 Å². The minimum atomic E-state index is -3.48. The molecule has 1 unspecified atom stereocenters. The normalized spacial score (nSPS) is 24.4. The Bertz CT molecular complexity index is 1490. The Morgan fingerprint density at radius 2 is 2.10 bits per heavy atom. The van der Waals surface area contributed by atoms with Crippen molar-refractivity contribution in [2.24, 2.45) is 0 Å². The van der Waals surface area contributed by atoms with Gasteiger partial charge in [0, 0.05) is 14.1 Å². The summed E-state index contributed by atoms with van der Waals surface area (Å²) in [5, 5.41) is 13.9. The number of aliphatic hydroxyl groups excluding tert-OH is 1. The molecule has 1 aromatic carbocycles. The number of nitrogens with zero attached hydrogens (tertiary/aromatic N) is 5. The largest absolute Gasteiger partial charge is 0.465 e. The monoisotopic (exact) mass is 606 g/mol. The van der Waals surface area contributed by atoms with Gasteiger partial charge < -0.3 is 28.5 Å². The zero-order valence-electron chi connectivity index (χ0n) is 23.2. The molecule has 4 rings (SSSR count). The molecule has 1 aliphatic rings. The Labute approximate surface area is 242 Å². The Morgan fingerprint density at radius 1 is 1.39 bits per heavy atom. The number of para-hydroxylation sites is 1. The second-order valence-corrected chi connectivity index (χ2v) is 12.6. The maximum absolute atomic E-state index is 16.3. The number of anilines is 1. The SMILES string of the molecule is C#C[C@@]1(F)[C@H](O)[C@@H](COP(=S)(N[C@@H](C)C(=O)OCC)Oc2ccccc2)O[C@H]1n1cnc2c(N(C)C)nc(C)nc21. The molecule has 0 spiro atoms. The number of rotatable bonds is 11. The number of aliphatic hydroxyl groups is 1. The van der Waals surface area contributed by atoms with Crippen molar-refractivity contribution in [1.29, 1.82) is 0 Å². The molecule has 1 saturated heterocycles. The number of halogens is 1. The Morgan fingerprint density at radius 3 is 2.73 bits per heavy atom. The third-order valence-corrected chi connectivity index (χ3v) is 8.73. The topological polar surface area (TPSA) is 133 Å². The van der Waals surface area contributed by atoms with Crippen molar-refractivity contribution in [3.05, 3.63) is 42.5 Å². The summed E-state index contributed by atoms with van der Waals surface area (Å²) in [5.41, 5.74) is -1.99. The van der Waals surface area contributed by atoms with Crippen LogP contribution >= 0.6 is 6.64 Å². The van der Waals surface area contributed by atoms with Gasteiger partial charge in [-0.2, -0.15) is 0 Å². The maximum Gasteiger partial charge on any atom is 0.323 e. The second kappa shape index (κ2) is 12.4. The zero-order chi connectivity index (χ0) is 29.9. The first-order valence-corrected chi connectivity index (χ1v) is 15.4. The van der Waals surface area contributed by atoms with Crippen LogP contribution in [0.5, 0.6) is 5.75 Å². The average molecular weight is 607 g/mol. The van der Waals surface area contributed by atoms with Gasteiger partial charge in [0.1, 0.15) is 29.8 Å². The first-order valence-electron chi connectivity index (χ1n) is 12.7. The predicted octanol–water partition coefficient (Wildman–Crippen LogP) is 2.66. The molecular formula is C26H32FN6O6PS. The van der Waals surface area contributed by atoms with Gasteiger partial charge in [-0.25, -0.2) is 24.4 Å². The van der Waals surface area contributed by atoms with Crippen LogP contribution < -0.4 is 14.5 Å². The molecule has 220 valence electrons. The van der Waals surface area contributed by atoms with Crippen LogP contribution in [0.2, 0.25) is 0 Å². The summed E-state index contributed by atoms with van der Waals surface area (Å²) in [6.07, 6.45) is 2.36. The molecule has 0 aliphatic carbocycles. The van der Waals surface area contributed by atoms with Gasteiger partial charge in [0.05, 0.1) is 19.5 Å². The van der Waals surface area contributed by atoms with Crippen molar-refractivity contribution in [2.75, 3.05) is 32.2 Å². The minimum Gasteiger partial charge on any atom is -0.465 e. The molecule has 3 heterocycles. The lowest BCUT2D eigenvalue weighted by atomic mass is 9.97. The maximum atomic E-state index is 16.3. The smallest absolute Gasteiger partial charge is 0.323 e. The number of hydrogen-bond acceptors (Lipinski definition) is 11. The predicted molar refractivity (Wildman–Crippen MR) is 154 cm³/mol. The molecule has 1 fully saturated rings. The van der Waals surface area contributed by atoms with E-state index in [2.05, 4.69) is 20.0 Å². The summed E-state index contributed by atoms with van der Waals surface area (Å²) in [6.45, 7) is 1.21. The quantitative estimate of drug-likeness (QED) is 0.189. The lowest BCUT2D eigenvalue weighted by Crippen LogP contribution is -2.42. The number of terminal acetylenes is 1. The summed E-state index contributed by atoms with van der Waals surface area (Å²) in [5.74, 6) is 2.82. The fraction of sp³-hybridized carbons (Fsp3) is 0.462. The summed E-state index contributed by atoms with van der Waals surface area (Å²) >= 11 is 5.69. The van der Waals surface area contributed by atoms with Gasteiger partial charge in [-0.1, -0.05) is 24.1 Å². The van der Waals surface area contributed by atoms with Gasteiger partial charge in [0.2, 0.25) is 5.67 Å². The number of hydrogen-bond donors (Lipinski definition) is 2. The highest BCUT2D eigenvalue weighted by atomic mass is 32.5.